The van der Waals surface area contributed by atoms with E-state index in [0.29, 0.717) is 17.1 Å². The summed E-state index contributed by atoms with van der Waals surface area (Å²) in [6.45, 7) is 1.97. The number of rotatable bonds is 6. The number of methoxy groups -OCH3 is 2. The summed E-state index contributed by atoms with van der Waals surface area (Å²) >= 11 is 0. The highest BCUT2D eigenvalue weighted by molar-refractivity contribution is 5.69. The molecule has 1 fully saturated rings. The summed E-state index contributed by atoms with van der Waals surface area (Å²) in [6.07, 6.45) is 3.41. The lowest BCUT2D eigenvalue weighted by atomic mass is 10.0. The van der Waals surface area contributed by atoms with E-state index in [-0.39, 0.29) is 6.42 Å². The molecular weight excluding hydrogens is 284 g/mol. The van der Waals surface area contributed by atoms with Gasteiger partial charge < -0.3 is 25.2 Å². The highest BCUT2D eigenvalue weighted by Crippen LogP contribution is 2.39. The lowest BCUT2D eigenvalue weighted by molar-refractivity contribution is -0.137. The number of hydrogen-bond donors (Lipinski definition) is 2. The quantitative estimate of drug-likeness (QED) is 0.838. The van der Waals surface area contributed by atoms with Gasteiger partial charge in [0.05, 0.1) is 26.3 Å². The number of piperidine rings is 1. The fourth-order valence-corrected chi connectivity index (χ4v) is 2.87. The molecule has 0 aromatic heterocycles. The Bertz CT molecular complexity index is 527. The fraction of sp³-hybridized carbons (Fsp3) is 0.562. The van der Waals surface area contributed by atoms with Crippen LogP contribution in [-0.4, -0.2) is 38.4 Å². The Balaban J connectivity index is 2.38. The van der Waals surface area contributed by atoms with E-state index >= 15 is 0 Å². The van der Waals surface area contributed by atoms with Crippen molar-refractivity contribution in [2.24, 2.45) is 5.73 Å². The van der Waals surface area contributed by atoms with E-state index in [4.69, 9.17) is 20.3 Å². The lowest BCUT2D eigenvalue weighted by Gasteiger charge is -2.31. The van der Waals surface area contributed by atoms with E-state index in [1.165, 1.54) is 6.42 Å². The molecular formula is C16H24N2O4. The highest BCUT2D eigenvalue weighted by Gasteiger charge is 2.22. The van der Waals surface area contributed by atoms with Crippen molar-refractivity contribution in [3.63, 3.8) is 0 Å². The van der Waals surface area contributed by atoms with Crippen molar-refractivity contribution in [3.8, 4) is 11.5 Å². The summed E-state index contributed by atoms with van der Waals surface area (Å²) in [7, 11) is 3.18. The summed E-state index contributed by atoms with van der Waals surface area (Å²) in [4.78, 5) is 13.2. The number of carbonyl (C=O) groups is 1. The first-order valence-corrected chi connectivity index (χ1v) is 7.55. The molecule has 1 atom stereocenters. The Morgan fingerprint density at radius 2 is 1.86 bits per heavy atom. The number of ether oxygens (including phenoxy) is 2. The van der Waals surface area contributed by atoms with E-state index in [1.807, 2.05) is 6.07 Å². The molecule has 0 bridgehead atoms. The summed E-state index contributed by atoms with van der Waals surface area (Å²) in [5, 5.41) is 8.93. The van der Waals surface area contributed by atoms with Crippen molar-refractivity contribution in [2.45, 2.75) is 31.7 Å². The van der Waals surface area contributed by atoms with Gasteiger partial charge in [-0.3, -0.25) is 4.79 Å². The molecule has 0 aliphatic carbocycles. The van der Waals surface area contributed by atoms with Gasteiger partial charge in [0.2, 0.25) is 0 Å². The number of hydrogen-bond acceptors (Lipinski definition) is 5. The van der Waals surface area contributed by atoms with Gasteiger partial charge in [-0.05, 0) is 25.3 Å². The van der Waals surface area contributed by atoms with Crippen LogP contribution in [0, 0.1) is 0 Å². The number of benzene rings is 1. The number of aliphatic carboxylic acids is 1. The van der Waals surface area contributed by atoms with Crippen molar-refractivity contribution in [3.05, 3.63) is 17.7 Å². The Morgan fingerprint density at radius 3 is 2.41 bits per heavy atom. The highest BCUT2D eigenvalue weighted by atomic mass is 16.5. The number of nitrogens with zero attached hydrogens (tertiary/aromatic N) is 1. The molecule has 0 saturated carbocycles. The van der Waals surface area contributed by atoms with E-state index in [1.54, 1.807) is 20.3 Å². The van der Waals surface area contributed by atoms with Crippen LogP contribution in [0.15, 0.2) is 12.1 Å². The molecule has 1 aromatic carbocycles. The van der Waals surface area contributed by atoms with Crippen LogP contribution in [0.4, 0.5) is 5.69 Å². The molecule has 122 valence electrons. The van der Waals surface area contributed by atoms with Crippen molar-refractivity contribution in [1.82, 2.24) is 0 Å². The van der Waals surface area contributed by atoms with Gasteiger partial charge >= 0.3 is 5.97 Å². The van der Waals surface area contributed by atoms with E-state index < -0.39 is 12.0 Å². The molecule has 1 aliphatic heterocycles. The largest absolute Gasteiger partial charge is 0.496 e. The predicted molar refractivity (Wildman–Crippen MR) is 84.8 cm³/mol. The molecule has 1 saturated heterocycles. The van der Waals surface area contributed by atoms with E-state index in [2.05, 4.69) is 4.90 Å². The van der Waals surface area contributed by atoms with Crippen LogP contribution < -0.4 is 20.1 Å². The van der Waals surface area contributed by atoms with Gasteiger partial charge in [-0.15, -0.1) is 0 Å². The van der Waals surface area contributed by atoms with Crippen LogP contribution in [-0.2, 0) is 4.79 Å². The molecule has 2 rings (SSSR count). The zero-order valence-electron chi connectivity index (χ0n) is 13.2. The maximum Gasteiger partial charge on any atom is 0.305 e. The second-order valence-electron chi connectivity index (χ2n) is 5.52. The van der Waals surface area contributed by atoms with Crippen LogP contribution in [0.2, 0.25) is 0 Å². The molecule has 6 nitrogen and oxygen atoms in total. The second-order valence-corrected chi connectivity index (χ2v) is 5.52. The molecule has 0 spiro atoms. The molecule has 3 N–H and O–H groups in total. The first kappa shape index (κ1) is 16.4. The zero-order valence-corrected chi connectivity index (χ0v) is 13.2. The minimum atomic E-state index is -0.936. The summed E-state index contributed by atoms with van der Waals surface area (Å²) in [6, 6.07) is 3.08. The first-order chi connectivity index (χ1) is 10.6. The molecule has 1 unspecified atom stereocenters. The summed E-state index contributed by atoms with van der Waals surface area (Å²) in [5.74, 6) is 0.377. The van der Waals surface area contributed by atoms with Crippen LogP contribution in [0.5, 0.6) is 11.5 Å². The van der Waals surface area contributed by atoms with Gasteiger partial charge in [0.1, 0.15) is 11.5 Å². The van der Waals surface area contributed by atoms with Gasteiger partial charge in [0, 0.05) is 30.8 Å². The molecule has 0 radical (unpaired) electrons. The second kappa shape index (κ2) is 7.35. The Kier molecular flexibility index (Phi) is 5.49. The van der Waals surface area contributed by atoms with Crippen LogP contribution >= 0.6 is 0 Å². The van der Waals surface area contributed by atoms with Gasteiger partial charge in [-0.25, -0.2) is 0 Å². The molecule has 22 heavy (non-hydrogen) atoms. The van der Waals surface area contributed by atoms with Gasteiger partial charge in [0.25, 0.3) is 0 Å². The van der Waals surface area contributed by atoms with Gasteiger partial charge in [-0.2, -0.15) is 0 Å². The third-order valence-electron chi connectivity index (χ3n) is 4.02. The first-order valence-electron chi connectivity index (χ1n) is 7.55. The fourth-order valence-electron chi connectivity index (χ4n) is 2.87. The zero-order chi connectivity index (χ0) is 16.1. The minimum Gasteiger partial charge on any atom is -0.496 e. The third kappa shape index (κ3) is 3.62. The average molecular weight is 308 g/mol. The monoisotopic (exact) mass is 308 g/mol. The Labute approximate surface area is 130 Å². The smallest absolute Gasteiger partial charge is 0.305 e. The molecule has 1 aromatic rings. The number of carboxylic acid groups (broad SMARTS) is 1. The number of anilines is 1. The standard InChI is InChI=1S/C16H24N2O4/c1-21-14-10-13(18-6-4-3-5-7-18)15(22-2)8-11(14)12(17)9-16(19)20/h8,10,12H,3-7,9,17H2,1-2H3,(H,19,20). The minimum absolute atomic E-state index is 0.150. The van der Waals surface area contributed by atoms with Crippen molar-refractivity contribution in [1.29, 1.82) is 0 Å². The molecule has 1 heterocycles. The average Bonchev–Trinajstić information content (AvgIpc) is 2.53. The predicted octanol–water partition coefficient (Wildman–Crippen LogP) is 2.17. The van der Waals surface area contributed by atoms with Crippen molar-refractivity contribution >= 4 is 11.7 Å². The maximum atomic E-state index is 10.9. The number of carboxylic acids is 1. The molecule has 6 heteroatoms. The topological polar surface area (TPSA) is 85.0 Å². The molecule has 1 aliphatic rings. The lowest BCUT2D eigenvalue weighted by Crippen LogP contribution is -2.30. The summed E-state index contributed by atoms with van der Waals surface area (Å²) < 4.78 is 10.9. The van der Waals surface area contributed by atoms with E-state index in [9.17, 15) is 4.79 Å². The van der Waals surface area contributed by atoms with Gasteiger partial charge in [0.15, 0.2) is 0 Å². The van der Waals surface area contributed by atoms with Crippen LogP contribution in [0.3, 0.4) is 0 Å². The Hall–Kier alpha value is -1.95. The van der Waals surface area contributed by atoms with E-state index in [0.717, 1.165) is 31.6 Å². The van der Waals surface area contributed by atoms with Gasteiger partial charge in [-0.1, -0.05) is 0 Å². The van der Waals surface area contributed by atoms with Crippen molar-refractivity contribution < 1.29 is 19.4 Å². The maximum absolute atomic E-state index is 10.9. The third-order valence-corrected chi connectivity index (χ3v) is 4.02. The summed E-state index contributed by atoms with van der Waals surface area (Å²) in [5.41, 5.74) is 7.63. The molecule has 0 amide bonds. The number of nitrogens with two attached hydrogens (primary N) is 1. The Morgan fingerprint density at radius 1 is 1.23 bits per heavy atom. The van der Waals surface area contributed by atoms with Crippen molar-refractivity contribution in [2.75, 3.05) is 32.2 Å². The SMILES string of the molecule is COc1cc(N2CCCCC2)c(OC)cc1C(N)CC(=O)O. The van der Waals surface area contributed by atoms with Crippen LogP contribution in [0.1, 0.15) is 37.3 Å². The normalized spacial score (nSPS) is 16.2. The van der Waals surface area contributed by atoms with Crippen LogP contribution in [0.25, 0.3) is 0 Å².